The second-order valence-corrected chi connectivity index (χ2v) is 5.23. The molecule has 1 aromatic heterocycles. The van der Waals surface area contributed by atoms with E-state index in [4.69, 9.17) is 17.3 Å². The Morgan fingerprint density at radius 3 is 2.36 bits per heavy atom. The van der Waals surface area contributed by atoms with Crippen molar-refractivity contribution < 1.29 is 4.79 Å². The number of nitrogen functional groups attached to an aromatic ring is 1. The first-order valence-electron chi connectivity index (χ1n) is 6.73. The van der Waals surface area contributed by atoms with Crippen molar-refractivity contribution >= 4 is 28.9 Å². The molecular formula is C17H14ClN3O. The van der Waals surface area contributed by atoms with E-state index in [1.807, 2.05) is 41.2 Å². The summed E-state index contributed by atoms with van der Waals surface area (Å²) >= 11 is 5.86. The first kappa shape index (κ1) is 14.2. The number of nitrogens with zero attached hydrogens (tertiary/aromatic N) is 1. The van der Waals surface area contributed by atoms with Gasteiger partial charge in [0.15, 0.2) is 0 Å². The van der Waals surface area contributed by atoms with Crippen molar-refractivity contribution in [2.24, 2.45) is 0 Å². The summed E-state index contributed by atoms with van der Waals surface area (Å²) in [6, 6.07) is 16.3. The zero-order chi connectivity index (χ0) is 15.5. The fraction of sp³-hybridized carbons (Fsp3) is 0. The normalized spacial score (nSPS) is 10.4. The molecule has 0 aliphatic heterocycles. The Morgan fingerprint density at radius 2 is 1.73 bits per heavy atom. The van der Waals surface area contributed by atoms with Gasteiger partial charge in [0.2, 0.25) is 0 Å². The fourth-order valence-electron chi connectivity index (χ4n) is 2.12. The molecule has 4 nitrogen and oxygen atoms in total. The van der Waals surface area contributed by atoms with Crippen molar-refractivity contribution in [3.63, 3.8) is 0 Å². The van der Waals surface area contributed by atoms with Gasteiger partial charge >= 0.3 is 0 Å². The smallest absolute Gasteiger partial charge is 0.255 e. The van der Waals surface area contributed by atoms with Gasteiger partial charge in [0.1, 0.15) is 0 Å². The molecule has 2 aromatic carbocycles. The number of halogens is 1. The van der Waals surface area contributed by atoms with Gasteiger partial charge in [-0.1, -0.05) is 11.6 Å². The van der Waals surface area contributed by atoms with Crippen LogP contribution in [-0.4, -0.2) is 10.5 Å². The van der Waals surface area contributed by atoms with Gasteiger partial charge in [0, 0.05) is 29.3 Å². The van der Waals surface area contributed by atoms with Gasteiger partial charge in [0.25, 0.3) is 5.91 Å². The van der Waals surface area contributed by atoms with Gasteiger partial charge in [0.05, 0.1) is 10.7 Å². The number of rotatable bonds is 3. The highest BCUT2D eigenvalue weighted by atomic mass is 35.5. The summed E-state index contributed by atoms with van der Waals surface area (Å²) in [4.78, 5) is 12.2. The number of nitrogens with one attached hydrogen (secondary N) is 1. The summed E-state index contributed by atoms with van der Waals surface area (Å²) in [5, 5.41) is 3.26. The summed E-state index contributed by atoms with van der Waals surface area (Å²) in [7, 11) is 0. The molecule has 0 spiro atoms. The van der Waals surface area contributed by atoms with E-state index < -0.39 is 0 Å². The van der Waals surface area contributed by atoms with Crippen LogP contribution in [0.4, 0.5) is 11.4 Å². The lowest BCUT2D eigenvalue weighted by Gasteiger charge is -2.08. The Morgan fingerprint density at radius 1 is 1.05 bits per heavy atom. The average Bonchev–Trinajstić information content (AvgIpc) is 3.05. The Hall–Kier alpha value is -2.72. The molecule has 0 aliphatic carbocycles. The molecule has 0 saturated carbocycles. The summed E-state index contributed by atoms with van der Waals surface area (Å²) in [5.74, 6) is -0.194. The molecule has 0 radical (unpaired) electrons. The number of hydrogen-bond acceptors (Lipinski definition) is 2. The van der Waals surface area contributed by atoms with E-state index in [-0.39, 0.29) is 5.91 Å². The quantitative estimate of drug-likeness (QED) is 0.719. The summed E-state index contributed by atoms with van der Waals surface area (Å²) < 4.78 is 1.97. The molecule has 22 heavy (non-hydrogen) atoms. The maximum absolute atomic E-state index is 12.2. The van der Waals surface area contributed by atoms with Crippen LogP contribution in [0.1, 0.15) is 10.4 Å². The summed E-state index contributed by atoms with van der Waals surface area (Å²) in [5.41, 5.74) is 8.34. The maximum Gasteiger partial charge on any atom is 0.255 e. The second-order valence-electron chi connectivity index (χ2n) is 4.83. The molecule has 0 atom stereocenters. The van der Waals surface area contributed by atoms with Crippen molar-refractivity contribution in [3.8, 4) is 5.69 Å². The van der Waals surface area contributed by atoms with Gasteiger partial charge in [-0.05, 0) is 54.6 Å². The number of carbonyl (C=O) groups is 1. The third-order valence-corrected chi connectivity index (χ3v) is 3.63. The number of anilines is 2. The predicted molar refractivity (Wildman–Crippen MR) is 89.6 cm³/mol. The average molecular weight is 312 g/mol. The van der Waals surface area contributed by atoms with Gasteiger partial charge in [-0.25, -0.2) is 0 Å². The van der Waals surface area contributed by atoms with Crippen LogP contribution in [0.2, 0.25) is 5.02 Å². The highest BCUT2D eigenvalue weighted by Gasteiger charge is 2.07. The molecule has 1 heterocycles. The van der Waals surface area contributed by atoms with E-state index in [0.29, 0.717) is 22.0 Å². The Labute approximate surface area is 133 Å². The van der Waals surface area contributed by atoms with E-state index in [0.717, 1.165) is 5.69 Å². The van der Waals surface area contributed by atoms with Crippen LogP contribution >= 0.6 is 11.6 Å². The molecular weight excluding hydrogens is 298 g/mol. The molecule has 3 rings (SSSR count). The van der Waals surface area contributed by atoms with Crippen LogP contribution in [0.3, 0.4) is 0 Å². The van der Waals surface area contributed by atoms with E-state index >= 15 is 0 Å². The van der Waals surface area contributed by atoms with Crippen molar-refractivity contribution in [2.45, 2.75) is 0 Å². The minimum atomic E-state index is -0.194. The molecule has 3 N–H and O–H groups in total. The molecule has 1 amide bonds. The largest absolute Gasteiger partial charge is 0.397 e. The van der Waals surface area contributed by atoms with Crippen LogP contribution in [0, 0.1) is 0 Å². The van der Waals surface area contributed by atoms with E-state index in [1.54, 1.807) is 30.3 Å². The highest BCUT2D eigenvalue weighted by Crippen LogP contribution is 2.22. The first-order valence-corrected chi connectivity index (χ1v) is 7.11. The third-order valence-electron chi connectivity index (χ3n) is 3.29. The molecule has 0 bridgehead atoms. The van der Waals surface area contributed by atoms with Gasteiger partial charge in [-0.3, -0.25) is 4.79 Å². The Bertz CT molecular complexity index is 795. The maximum atomic E-state index is 12.2. The van der Waals surface area contributed by atoms with Gasteiger partial charge in [-0.15, -0.1) is 0 Å². The molecule has 0 aliphatic rings. The first-order chi connectivity index (χ1) is 10.6. The fourth-order valence-corrected chi connectivity index (χ4v) is 2.23. The van der Waals surface area contributed by atoms with Crippen LogP contribution in [0.15, 0.2) is 67.0 Å². The summed E-state index contributed by atoms with van der Waals surface area (Å²) in [6.45, 7) is 0. The Balaban J connectivity index is 1.76. The molecule has 110 valence electrons. The SMILES string of the molecule is Nc1cc(NC(=O)c2ccc(-n3cccc3)cc2)ccc1Cl. The summed E-state index contributed by atoms with van der Waals surface area (Å²) in [6.07, 6.45) is 3.90. The number of hydrogen-bond donors (Lipinski definition) is 2. The lowest BCUT2D eigenvalue weighted by molar-refractivity contribution is 0.102. The van der Waals surface area contributed by atoms with E-state index in [1.165, 1.54) is 0 Å². The minimum absolute atomic E-state index is 0.194. The Kier molecular flexibility index (Phi) is 3.85. The molecule has 3 aromatic rings. The number of benzene rings is 2. The van der Waals surface area contributed by atoms with E-state index in [9.17, 15) is 4.79 Å². The van der Waals surface area contributed by atoms with Gasteiger partial charge in [-0.2, -0.15) is 0 Å². The zero-order valence-electron chi connectivity index (χ0n) is 11.7. The molecule has 0 fully saturated rings. The molecule has 0 saturated heterocycles. The standard InChI is InChI=1S/C17H14ClN3O/c18-15-8-5-13(11-16(15)19)20-17(22)12-3-6-14(7-4-12)21-9-1-2-10-21/h1-11H,19H2,(H,20,22). The van der Waals surface area contributed by atoms with Crippen LogP contribution in [0.25, 0.3) is 5.69 Å². The lowest BCUT2D eigenvalue weighted by atomic mass is 10.2. The van der Waals surface area contributed by atoms with Gasteiger partial charge < -0.3 is 15.6 Å². The predicted octanol–water partition coefficient (Wildman–Crippen LogP) is 3.97. The lowest BCUT2D eigenvalue weighted by Crippen LogP contribution is -2.12. The minimum Gasteiger partial charge on any atom is -0.397 e. The monoisotopic (exact) mass is 311 g/mol. The molecule has 5 heteroatoms. The highest BCUT2D eigenvalue weighted by molar-refractivity contribution is 6.33. The molecule has 0 unspecified atom stereocenters. The van der Waals surface area contributed by atoms with Crippen molar-refractivity contribution in [1.82, 2.24) is 4.57 Å². The van der Waals surface area contributed by atoms with Crippen LogP contribution in [-0.2, 0) is 0 Å². The van der Waals surface area contributed by atoms with Crippen molar-refractivity contribution in [1.29, 1.82) is 0 Å². The van der Waals surface area contributed by atoms with Crippen molar-refractivity contribution in [3.05, 3.63) is 77.6 Å². The van der Waals surface area contributed by atoms with Crippen LogP contribution in [0.5, 0.6) is 0 Å². The number of nitrogens with two attached hydrogens (primary N) is 1. The third kappa shape index (κ3) is 2.97. The zero-order valence-corrected chi connectivity index (χ0v) is 12.4. The number of aromatic nitrogens is 1. The van der Waals surface area contributed by atoms with E-state index in [2.05, 4.69) is 5.32 Å². The van der Waals surface area contributed by atoms with Crippen LogP contribution < -0.4 is 11.1 Å². The van der Waals surface area contributed by atoms with Crippen molar-refractivity contribution in [2.75, 3.05) is 11.1 Å². The topological polar surface area (TPSA) is 60.0 Å². The number of carbonyl (C=O) groups excluding carboxylic acids is 1. The number of amides is 1. The second kappa shape index (κ2) is 5.95.